The molecule has 0 atom stereocenters. The van der Waals surface area contributed by atoms with Crippen molar-refractivity contribution in [2.45, 2.75) is 31.8 Å². The molecule has 1 heterocycles. The number of hydrogen-bond acceptors (Lipinski definition) is 4. The van der Waals surface area contributed by atoms with Crippen LogP contribution in [0.15, 0.2) is 27.6 Å². The molecule has 0 saturated heterocycles. The number of nitrogens with zero attached hydrogens (tertiary/aromatic N) is 1. The molecule has 0 aliphatic heterocycles. The molecule has 0 amide bonds. The van der Waals surface area contributed by atoms with E-state index in [1.54, 1.807) is 0 Å². The number of anilines is 1. The van der Waals surface area contributed by atoms with Gasteiger partial charge >= 0.3 is 6.18 Å². The molecule has 120 valence electrons. The first-order chi connectivity index (χ1) is 10.0. The van der Waals surface area contributed by atoms with Gasteiger partial charge in [0.1, 0.15) is 5.69 Å². The van der Waals surface area contributed by atoms with Gasteiger partial charge in [-0.15, -0.1) is 0 Å². The van der Waals surface area contributed by atoms with Crippen LogP contribution >= 0.6 is 0 Å². The third-order valence-electron chi connectivity index (χ3n) is 3.03. The predicted molar refractivity (Wildman–Crippen MR) is 73.0 cm³/mol. The van der Waals surface area contributed by atoms with Gasteiger partial charge in [-0.25, -0.2) is 8.42 Å². The highest BCUT2D eigenvalue weighted by Gasteiger charge is 2.33. The molecular formula is C13H13F3N2O3S. The maximum atomic E-state index is 12.9. The van der Waals surface area contributed by atoms with E-state index in [1.165, 1.54) is 32.9 Å². The third kappa shape index (κ3) is 3.08. The van der Waals surface area contributed by atoms with Gasteiger partial charge in [-0.05, 0) is 38.5 Å². The van der Waals surface area contributed by atoms with Gasteiger partial charge in [0.2, 0.25) is 0 Å². The molecule has 0 aliphatic carbocycles. The Morgan fingerprint density at radius 2 is 1.82 bits per heavy atom. The van der Waals surface area contributed by atoms with Gasteiger partial charge in [0.15, 0.2) is 10.7 Å². The summed E-state index contributed by atoms with van der Waals surface area (Å²) in [7, 11) is -4.08. The molecule has 22 heavy (non-hydrogen) atoms. The van der Waals surface area contributed by atoms with Gasteiger partial charge in [0, 0.05) is 5.69 Å². The first-order valence-corrected chi connectivity index (χ1v) is 7.64. The molecule has 5 nitrogen and oxygen atoms in total. The number of benzene rings is 1. The van der Waals surface area contributed by atoms with Crippen molar-refractivity contribution in [3.8, 4) is 0 Å². The van der Waals surface area contributed by atoms with E-state index in [2.05, 4.69) is 9.88 Å². The standard InChI is InChI=1S/C13H13F3N2O3S/c1-7-4-5-10(6-11(7)13(14,15)16)18-22(19,20)12-8(2)17-21-9(12)3/h4-6,18H,1-3H3. The summed E-state index contributed by atoms with van der Waals surface area (Å²) in [6.07, 6.45) is -4.56. The second-order valence-corrected chi connectivity index (χ2v) is 6.41. The molecule has 0 spiro atoms. The Hall–Kier alpha value is -2.03. The van der Waals surface area contributed by atoms with Gasteiger partial charge in [-0.2, -0.15) is 13.2 Å². The summed E-state index contributed by atoms with van der Waals surface area (Å²) in [5.41, 5.74) is -0.940. The maximum Gasteiger partial charge on any atom is 0.416 e. The van der Waals surface area contributed by atoms with Crippen LogP contribution in [0.3, 0.4) is 0 Å². The summed E-state index contributed by atoms with van der Waals surface area (Å²) in [5.74, 6) is 0.0631. The molecule has 1 aromatic carbocycles. The molecule has 1 N–H and O–H groups in total. The highest BCUT2D eigenvalue weighted by atomic mass is 32.2. The van der Waals surface area contributed by atoms with Crippen LogP contribution < -0.4 is 4.72 Å². The summed E-state index contributed by atoms with van der Waals surface area (Å²) < 4.78 is 70.0. The van der Waals surface area contributed by atoms with E-state index in [1.807, 2.05) is 0 Å². The molecule has 9 heteroatoms. The molecule has 0 fully saturated rings. The Labute approximate surface area is 125 Å². The van der Waals surface area contributed by atoms with Gasteiger partial charge in [-0.3, -0.25) is 4.72 Å². The Bertz CT molecular complexity index is 791. The molecule has 0 radical (unpaired) electrons. The van der Waals surface area contributed by atoms with Gasteiger partial charge in [0.25, 0.3) is 10.0 Å². The SMILES string of the molecule is Cc1ccc(NS(=O)(=O)c2c(C)noc2C)cc1C(F)(F)F. The minimum atomic E-state index is -4.56. The monoisotopic (exact) mass is 334 g/mol. The van der Waals surface area contributed by atoms with E-state index in [9.17, 15) is 21.6 Å². The largest absolute Gasteiger partial charge is 0.416 e. The summed E-state index contributed by atoms with van der Waals surface area (Å²) in [6.45, 7) is 4.14. The van der Waals surface area contributed by atoms with Crippen molar-refractivity contribution in [1.29, 1.82) is 0 Å². The van der Waals surface area contributed by atoms with Crippen LogP contribution in [0.25, 0.3) is 0 Å². The lowest BCUT2D eigenvalue weighted by atomic mass is 10.1. The molecule has 1 aromatic heterocycles. The minimum Gasteiger partial charge on any atom is -0.360 e. The Kier molecular flexibility index (Phi) is 3.94. The predicted octanol–water partition coefficient (Wildman–Crippen LogP) is 3.42. The van der Waals surface area contributed by atoms with Crippen LogP contribution in [0.1, 0.15) is 22.6 Å². The van der Waals surface area contributed by atoms with E-state index >= 15 is 0 Å². The first-order valence-electron chi connectivity index (χ1n) is 6.16. The lowest BCUT2D eigenvalue weighted by molar-refractivity contribution is -0.138. The van der Waals surface area contributed by atoms with Crippen LogP contribution in [0, 0.1) is 20.8 Å². The molecule has 0 unspecified atom stereocenters. The summed E-state index contributed by atoms with van der Waals surface area (Å²) in [5, 5.41) is 3.52. The quantitative estimate of drug-likeness (QED) is 0.933. The highest BCUT2D eigenvalue weighted by Crippen LogP contribution is 2.34. The minimum absolute atomic E-state index is 0.00721. The zero-order valence-corrected chi connectivity index (χ0v) is 12.8. The van der Waals surface area contributed by atoms with E-state index in [-0.39, 0.29) is 27.6 Å². The van der Waals surface area contributed by atoms with Crippen LogP contribution in [-0.4, -0.2) is 13.6 Å². The van der Waals surface area contributed by atoms with Gasteiger partial charge in [-0.1, -0.05) is 11.2 Å². The van der Waals surface area contributed by atoms with E-state index < -0.39 is 21.8 Å². The number of sulfonamides is 1. The van der Waals surface area contributed by atoms with Gasteiger partial charge in [0.05, 0.1) is 5.56 Å². The number of hydrogen-bond donors (Lipinski definition) is 1. The lowest BCUT2D eigenvalue weighted by Gasteiger charge is -2.13. The number of nitrogens with one attached hydrogen (secondary N) is 1. The normalized spacial score (nSPS) is 12.5. The van der Waals surface area contributed by atoms with Crippen molar-refractivity contribution in [2.75, 3.05) is 4.72 Å². The topological polar surface area (TPSA) is 72.2 Å². The zero-order chi connectivity index (χ0) is 16.7. The number of alkyl halides is 3. The zero-order valence-electron chi connectivity index (χ0n) is 11.9. The number of halogens is 3. The van der Waals surface area contributed by atoms with Crippen molar-refractivity contribution in [3.05, 3.63) is 40.8 Å². The van der Waals surface area contributed by atoms with Crippen LogP contribution in [0.4, 0.5) is 18.9 Å². The molecule has 2 rings (SSSR count). The second kappa shape index (κ2) is 5.31. The van der Waals surface area contributed by atoms with Crippen LogP contribution in [0.5, 0.6) is 0 Å². The maximum absolute atomic E-state index is 12.9. The smallest absolute Gasteiger partial charge is 0.360 e. The Morgan fingerprint density at radius 1 is 1.18 bits per heavy atom. The fraction of sp³-hybridized carbons (Fsp3) is 0.308. The molecule has 0 saturated carbocycles. The Morgan fingerprint density at radius 3 is 2.32 bits per heavy atom. The van der Waals surface area contributed by atoms with Crippen molar-refractivity contribution in [1.82, 2.24) is 5.16 Å². The fourth-order valence-corrected chi connectivity index (χ4v) is 3.44. The molecule has 2 aromatic rings. The molecule has 0 bridgehead atoms. The average Bonchev–Trinajstić information content (AvgIpc) is 2.70. The fourth-order valence-electron chi connectivity index (χ4n) is 2.06. The summed E-state index contributed by atoms with van der Waals surface area (Å²) in [6, 6.07) is 3.22. The van der Waals surface area contributed by atoms with E-state index in [0.717, 1.165) is 6.07 Å². The van der Waals surface area contributed by atoms with Gasteiger partial charge < -0.3 is 4.52 Å². The Balaban J connectivity index is 2.43. The molecular weight excluding hydrogens is 321 g/mol. The second-order valence-electron chi connectivity index (χ2n) is 4.79. The van der Waals surface area contributed by atoms with Crippen molar-refractivity contribution in [2.24, 2.45) is 0 Å². The number of aromatic nitrogens is 1. The number of aryl methyl sites for hydroxylation is 3. The third-order valence-corrected chi connectivity index (χ3v) is 4.66. The summed E-state index contributed by atoms with van der Waals surface area (Å²) in [4.78, 5) is -0.179. The van der Waals surface area contributed by atoms with Crippen LogP contribution in [0.2, 0.25) is 0 Å². The average molecular weight is 334 g/mol. The van der Waals surface area contributed by atoms with Crippen LogP contribution in [-0.2, 0) is 16.2 Å². The molecule has 0 aliphatic rings. The first kappa shape index (κ1) is 16.3. The van der Waals surface area contributed by atoms with E-state index in [0.29, 0.717) is 0 Å². The van der Waals surface area contributed by atoms with Crippen molar-refractivity contribution < 1.29 is 26.1 Å². The van der Waals surface area contributed by atoms with Crippen molar-refractivity contribution in [3.63, 3.8) is 0 Å². The summed E-state index contributed by atoms with van der Waals surface area (Å²) >= 11 is 0. The van der Waals surface area contributed by atoms with E-state index in [4.69, 9.17) is 4.52 Å². The highest BCUT2D eigenvalue weighted by molar-refractivity contribution is 7.92. The lowest BCUT2D eigenvalue weighted by Crippen LogP contribution is -2.16. The van der Waals surface area contributed by atoms with Crippen molar-refractivity contribution >= 4 is 15.7 Å². The number of rotatable bonds is 3.